The third kappa shape index (κ3) is 4.11. The smallest absolute Gasteiger partial charge is 0.322 e. The number of nitro groups is 1. The molecule has 9 heteroatoms. The number of nitro benzene ring substituents is 1. The van der Waals surface area contributed by atoms with Crippen molar-refractivity contribution in [3.05, 3.63) is 75.3 Å². The molecule has 0 fully saturated rings. The lowest BCUT2D eigenvalue weighted by Gasteiger charge is -1.97. The largest absolute Gasteiger partial charge is 0.403 e. The number of non-ortho nitro benzene ring substituents is 1. The van der Waals surface area contributed by atoms with Crippen molar-refractivity contribution in [1.29, 1.82) is 0 Å². The zero-order valence-corrected chi connectivity index (χ0v) is 13.9. The average Bonchev–Trinajstić information content (AvgIpc) is 3.09. The maximum Gasteiger partial charge on any atom is 0.322 e. The molecule has 0 aliphatic heterocycles. The van der Waals surface area contributed by atoms with Crippen LogP contribution in [0, 0.1) is 10.1 Å². The Morgan fingerprint density at radius 2 is 1.88 bits per heavy atom. The zero-order chi connectivity index (χ0) is 18.5. The van der Waals surface area contributed by atoms with Gasteiger partial charge in [-0.15, -0.1) is 5.10 Å². The van der Waals surface area contributed by atoms with E-state index in [1.807, 2.05) is 0 Å². The number of carbonyl (C=O) groups is 1. The van der Waals surface area contributed by atoms with Crippen LogP contribution in [0.5, 0.6) is 0 Å². The lowest BCUT2D eigenvalue weighted by Crippen LogP contribution is -2.07. The summed E-state index contributed by atoms with van der Waals surface area (Å²) in [5.41, 5.74) is 1.17. The maximum absolute atomic E-state index is 11.9. The first-order valence-electron chi connectivity index (χ1n) is 7.35. The van der Waals surface area contributed by atoms with Gasteiger partial charge in [0.2, 0.25) is 0 Å². The number of anilines is 1. The molecule has 1 N–H and O–H groups in total. The fourth-order valence-electron chi connectivity index (χ4n) is 2.04. The highest BCUT2D eigenvalue weighted by Gasteiger charge is 2.12. The van der Waals surface area contributed by atoms with E-state index in [1.165, 1.54) is 36.4 Å². The Morgan fingerprint density at radius 3 is 2.58 bits per heavy atom. The van der Waals surface area contributed by atoms with Crippen molar-refractivity contribution in [3.8, 4) is 11.5 Å². The summed E-state index contributed by atoms with van der Waals surface area (Å²) in [5, 5.41) is 21.1. The van der Waals surface area contributed by atoms with Gasteiger partial charge in [-0.2, -0.15) is 0 Å². The Balaban J connectivity index is 1.65. The molecule has 0 aliphatic rings. The number of benzene rings is 2. The van der Waals surface area contributed by atoms with Crippen LogP contribution in [-0.2, 0) is 4.79 Å². The Bertz CT molecular complexity index is 982. The first kappa shape index (κ1) is 17.3. The van der Waals surface area contributed by atoms with Gasteiger partial charge in [0, 0.05) is 18.2 Å². The molecule has 1 heterocycles. The standard InChI is InChI=1S/C17H11ClN4O4/c18-14-4-2-1-3-13(14)16-20-21-17(26-16)19-15(23)10-7-11-5-8-12(9-6-11)22(24)25/h1-10H,(H,19,21,23). The van der Waals surface area contributed by atoms with Crippen LogP contribution in [-0.4, -0.2) is 21.0 Å². The zero-order valence-electron chi connectivity index (χ0n) is 13.1. The minimum Gasteiger partial charge on any atom is -0.403 e. The SMILES string of the molecule is O=C(C=Cc1ccc([N+](=O)[O-])cc1)Nc1nnc(-c2ccccc2Cl)o1. The van der Waals surface area contributed by atoms with Crippen molar-refractivity contribution in [2.45, 2.75) is 0 Å². The Labute approximate surface area is 152 Å². The molecule has 3 aromatic rings. The van der Waals surface area contributed by atoms with Crippen LogP contribution in [0.15, 0.2) is 59.0 Å². The maximum atomic E-state index is 11.9. The summed E-state index contributed by atoms with van der Waals surface area (Å²) in [6, 6.07) is 12.6. The third-order valence-corrected chi connectivity index (χ3v) is 3.62. The van der Waals surface area contributed by atoms with Crippen LogP contribution >= 0.6 is 11.6 Å². The summed E-state index contributed by atoms with van der Waals surface area (Å²) >= 11 is 6.05. The fraction of sp³-hybridized carbons (Fsp3) is 0. The number of rotatable bonds is 5. The normalized spacial score (nSPS) is 10.8. The van der Waals surface area contributed by atoms with E-state index in [0.717, 1.165) is 0 Å². The Morgan fingerprint density at radius 1 is 1.15 bits per heavy atom. The highest BCUT2D eigenvalue weighted by Crippen LogP contribution is 2.27. The molecular formula is C17H11ClN4O4. The summed E-state index contributed by atoms with van der Waals surface area (Å²) in [6.45, 7) is 0. The van der Waals surface area contributed by atoms with E-state index in [0.29, 0.717) is 16.1 Å². The highest BCUT2D eigenvalue weighted by molar-refractivity contribution is 6.33. The van der Waals surface area contributed by atoms with Gasteiger partial charge in [0.05, 0.1) is 15.5 Å². The molecule has 0 bridgehead atoms. The molecule has 3 rings (SSSR count). The number of carbonyl (C=O) groups excluding carboxylic acids is 1. The summed E-state index contributed by atoms with van der Waals surface area (Å²) in [7, 11) is 0. The lowest BCUT2D eigenvalue weighted by atomic mass is 10.2. The van der Waals surface area contributed by atoms with Crippen LogP contribution in [0.3, 0.4) is 0 Å². The van der Waals surface area contributed by atoms with Crippen LogP contribution in [0.1, 0.15) is 5.56 Å². The van der Waals surface area contributed by atoms with E-state index in [9.17, 15) is 14.9 Å². The van der Waals surface area contributed by atoms with Crippen LogP contribution in [0.25, 0.3) is 17.5 Å². The first-order valence-corrected chi connectivity index (χ1v) is 7.72. The molecule has 0 spiro atoms. The third-order valence-electron chi connectivity index (χ3n) is 3.29. The molecule has 0 saturated carbocycles. The molecular weight excluding hydrogens is 360 g/mol. The molecule has 1 aromatic heterocycles. The molecule has 0 atom stereocenters. The van der Waals surface area contributed by atoms with Crippen molar-refractivity contribution >= 4 is 35.3 Å². The van der Waals surface area contributed by atoms with E-state index in [4.69, 9.17) is 16.0 Å². The van der Waals surface area contributed by atoms with Crippen LogP contribution in [0.2, 0.25) is 5.02 Å². The quantitative estimate of drug-likeness (QED) is 0.413. The number of amides is 1. The van der Waals surface area contributed by atoms with Crippen molar-refractivity contribution in [2.75, 3.05) is 5.32 Å². The average molecular weight is 371 g/mol. The van der Waals surface area contributed by atoms with Gasteiger partial charge in [-0.25, -0.2) is 0 Å². The second-order valence-electron chi connectivity index (χ2n) is 5.06. The summed E-state index contributed by atoms with van der Waals surface area (Å²) in [4.78, 5) is 22.0. The fourth-order valence-corrected chi connectivity index (χ4v) is 2.26. The summed E-state index contributed by atoms with van der Waals surface area (Å²) < 4.78 is 5.37. The topological polar surface area (TPSA) is 111 Å². The molecule has 1 amide bonds. The monoisotopic (exact) mass is 370 g/mol. The summed E-state index contributed by atoms with van der Waals surface area (Å²) in [5.74, 6) is -0.303. The van der Waals surface area contributed by atoms with Gasteiger partial charge in [0.1, 0.15) is 0 Å². The Kier molecular flexibility index (Phi) is 5.04. The van der Waals surface area contributed by atoms with E-state index in [-0.39, 0.29) is 17.6 Å². The molecule has 0 unspecified atom stereocenters. The van der Waals surface area contributed by atoms with Crippen molar-refractivity contribution in [1.82, 2.24) is 10.2 Å². The number of hydrogen-bond donors (Lipinski definition) is 1. The second kappa shape index (κ2) is 7.58. The minimum atomic E-state index is -0.494. The molecule has 8 nitrogen and oxygen atoms in total. The van der Waals surface area contributed by atoms with E-state index >= 15 is 0 Å². The van der Waals surface area contributed by atoms with Crippen molar-refractivity contribution in [2.24, 2.45) is 0 Å². The van der Waals surface area contributed by atoms with Gasteiger partial charge in [-0.05, 0) is 35.9 Å². The summed E-state index contributed by atoms with van der Waals surface area (Å²) in [6.07, 6.45) is 2.75. The van der Waals surface area contributed by atoms with Gasteiger partial charge in [-0.1, -0.05) is 28.8 Å². The highest BCUT2D eigenvalue weighted by atomic mass is 35.5. The first-order chi connectivity index (χ1) is 12.5. The van der Waals surface area contributed by atoms with Crippen molar-refractivity contribution in [3.63, 3.8) is 0 Å². The molecule has 0 radical (unpaired) electrons. The number of aromatic nitrogens is 2. The molecule has 26 heavy (non-hydrogen) atoms. The van der Waals surface area contributed by atoms with E-state index < -0.39 is 10.8 Å². The van der Waals surface area contributed by atoms with E-state index in [1.54, 1.807) is 24.3 Å². The van der Waals surface area contributed by atoms with Crippen LogP contribution < -0.4 is 5.32 Å². The molecule has 0 aliphatic carbocycles. The Hall–Kier alpha value is -3.52. The van der Waals surface area contributed by atoms with Gasteiger partial charge in [0.25, 0.3) is 17.5 Å². The van der Waals surface area contributed by atoms with E-state index in [2.05, 4.69) is 15.5 Å². The minimum absolute atomic E-state index is 0.0236. The van der Waals surface area contributed by atoms with Gasteiger partial charge < -0.3 is 4.42 Å². The molecule has 130 valence electrons. The second-order valence-corrected chi connectivity index (χ2v) is 5.47. The number of nitrogens with zero attached hydrogens (tertiary/aromatic N) is 3. The number of hydrogen-bond acceptors (Lipinski definition) is 6. The lowest BCUT2D eigenvalue weighted by molar-refractivity contribution is -0.384. The van der Waals surface area contributed by atoms with Crippen LogP contribution in [0.4, 0.5) is 11.7 Å². The van der Waals surface area contributed by atoms with Gasteiger partial charge >= 0.3 is 6.01 Å². The number of halogens is 1. The predicted molar refractivity (Wildman–Crippen MR) is 95.5 cm³/mol. The van der Waals surface area contributed by atoms with Crippen molar-refractivity contribution < 1.29 is 14.1 Å². The predicted octanol–water partition coefficient (Wildman–Crippen LogP) is 3.95. The number of nitrogens with one attached hydrogen (secondary N) is 1. The molecule has 0 saturated heterocycles. The molecule has 2 aromatic carbocycles. The van der Waals surface area contributed by atoms with Gasteiger partial charge in [-0.3, -0.25) is 20.2 Å². The van der Waals surface area contributed by atoms with Gasteiger partial charge in [0.15, 0.2) is 0 Å².